The lowest BCUT2D eigenvalue weighted by Crippen LogP contribution is -2.33. The molecule has 0 spiro atoms. The summed E-state index contributed by atoms with van der Waals surface area (Å²) in [6.07, 6.45) is 1.54. The fourth-order valence-electron chi connectivity index (χ4n) is 2.86. The number of carbonyl (C=O) groups excluding carboxylic acids is 1. The summed E-state index contributed by atoms with van der Waals surface area (Å²) in [5, 5.41) is 9.29. The van der Waals surface area contributed by atoms with Gasteiger partial charge in [-0.2, -0.15) is 5.10 Å². The van der Waals surface area contributed by atoms with E-state index in [1.165, 1.54) is 10.7 Å². The highest BCUT2D eigenvalue weighted by Crippen LogP contribution is 2.22. The van der Waals surface area contributed by atoms with Crippen LogP contribution in [-0.2, 0) is 17.9 Å². The second-order valence-corrected chi connectivity index (χ2v) is 6.13. The summed E-state index contributed by atoms with van der Waals surface area (Å²) in [5.74, 6) is 0.338. The van der Waals surface area contributed by atoms with Gasteiger partial charge in [-0.3, -0.25) is 9.59 Å². The molecule has 0 radical (unpaired) electrons. The Morgan fingerprint density at radius 1 is 1.00 bits per heavy atom. The third-order valence-corrected chi connectivity index (χ3v) is 4.25. The van der Waals surface area contributed by atoms with Gasteiger partial charge in [0.05, 0.1) is 18.5 Å². The van der Waals surface area contributed by atoms with Crippen molar-refractivity contribution in [3.63, 3.8) is 0 Å². The number of hydrogen-bond acceptors (Lipinski definition) is 4. The van der Waals surface area contributed by atoms with E-state index in [2.05, 4.69) is 10.4 Å². The summed E-state index contributed by atoms with van der Waals surface area (Å²) >= 11 is 0. The molecule has 6 nitrogen and oxygen atoms in total. The number of nitrogens with one attached hydrogen (secondary N) is 1. The SMILES string of the molecule is O=C(Cn1nc(-c2ccc3ccccc3c2)ccc1=O)NCc1ccco1. The molecule has 2 heterocycles. The van der Waals surface area contributed by atoms with Crippen molar-refractivity contribution in [2.45, 2.75) is 13.1 Å². The molecule has 0 aliphatic heterocycles. The molecule has 4 rings (SSSR count). The van der Waals surface area contributed by atoms with Gasteiger partial charge in [0.2, 0.25) is 5.91 Å². The third kappa shape index (κ3) is 3.79. The van der Waals surface area contributed by atoms with Gasteiger partial charge in [-0.05, 0) is 35.0 Å². The molecule has 0 saturated heterocycles. The molecular weight excluding hydrogens is 342 g/mol. The summed E-state index contributed by atoms with van der Waals surface area (Å²) in [5.41, 5.74) is 1.20. The number of furan rings is 1. The predicted molar refractivity (Wildman–Crippen MR) is 102 cm³/mol. The number of amides is 1. The highest BCUT2D eigenvalue weighted by molar-refractivity contribution is 5.86. The van der Waals surface area contributed by atoms with Gasteiger partial charge in [0.25, 0.3) is 5.56 Å². The van der Waals surface area contributed by atoms with Crippen molar-refractivity contribution in [1.82, 2.24) is 15.1 Å². The summed E-state index contributed by atoms with van der Waals surface area (Å²) in [4.78, 5) is 24.2. The van der Waals surface area contributed by atoms with E-state index < -0.39 is 0 Å². The number of carbonyl (C=O) groups is 1. The van der Waals surface area contributed by atoms with Crippen LogP contribution in [0.15, 0.2) is 82.2 Å². The molecule has 0 aliphatic carbocycles. The standard InChI is InChI=1S/C21H17N3O3/c25-20(22-13-18-6-3-11-27-18)14-24-21(26)10-9-19(23-24)17-8-7-15-4-1-2-5-16(15)12-17/h1-12H,13-14H2,(H,22,25). The molecule has 0 atom stereocenters. The topological polar surface area (TPSA) is 77.1 Å². The maximum Gasteiger partial charge on any atom is 0.267 e. The van der Waals surface area contributed by atoms with E-state index in [0.29, 0.717) is 11.5 Å². The lowest BCUT2D eigenvalue weighted by molar-refractivity contribution is -0.122. The third-order valence-electron chi connectivity index (χ3n) is 4.25. The molecule has 0 fully saturated rings. The fraction of sp³-hybridized carbons (Fsp3) is 0.0952. The van der Waals surface area contributed by atoms with E-state index in [0.717, 1.165) is 16.3 Å². The number of nitrogens with zero attached hydrogens (tertiary/aromatic N) is 2. The Labute approximate surface area is 155 Å². The average molecular weight is 359 g/mol. The second-order valence-electron chi connectivity index (χ2n) is 6.13. The molecule has 27 heavy (non-hydrogen) atoms. The first kappa shape index (κ1) is 16.8. The Morgan fingerprint density at radius 2 is 1.85 bits per heavy atom. The first-order valence-corrected chi connectivity index (χ1v) is 8.55. The molecule has 1 N–H and O–H groups in total. The summed E-state index contributed by atoms with van der Waals surface area (Å²) in [6, 6.07) is 20.6. The Bertz CT molecular complexity index is 1150. The molecular formula is C21H17N3O3. The van der Waals surface area contributed by atoms with E-state index in [1.54, 1.807) is 24.5 Å². The van der Waals surface area contributed by atoms with E-state index in [4.69, 9.17) is 4.42 Å². The van der Waals surface area contributed by atoms with E-state index in [-0.39, 0.29) is 24.6 Å². The zero-order chi connectivity index (χ0) is 18.6. The van der Waals surface area contributed by atoms with Crippen LogP contribution in [-0.4, -0.2) is 15.7 Å². The highest BCUT2D eigenvalue weighted by atomic mass is 16.3. The van der Waals surface area contributed by atoms with Crippen LogP contribution in [0.3, 0.4) is 0 Å². The molecule has 134 valence electrons. The second kappa shape index (κ2) is 7.29. The van der Waals surface area contributed by atoms with Crippen LogP contribution in [0.4, 0.5) is 0 Å². The summed E-state index contributed by atoms with van der Waals surface area (Å²) in [7, 11) is 0. The highest BCUT2D eigenvalue weighted by Gasteiger charge is 2.09. The molecule has 0 bridgehead atoms. The minimum atomic E-state index is -0.326. The Hall–Kier alpha value is -3.67. The largest absolute Gasteiger partial charge is 0.467 e. The molecule has 2 aromatic carbocycles. The number of rotatable bonds is 5. The molecule has 2 aromatic heterocycles. The first-order valence-electron chi connectivity index (χ1n) is 8.55. The monoisotopic (exact) mass is 359 g/mol. The lowest BCUT2D eigenvalue weighted by atomic mass is 10.1. The van der Waals surface area contributed by atoms with Crippen LogP contribution in [0.1, 0.15) is 5.76 Å². The van der Waals surface area contributed by atoms with Gasteiger partial charge >= 0.3 is 0 Å². The lowest BCUT2D eigenvalue weighted by Gasteiger charge is -2.08. The van der Waals surface area contributed by atoms with Crippen molar-refractivity contribution in [1.29, 1.82) is 0 Å². The van der Waals surface area contributed by atoms with Gasteiger partial charge in [0, 0.05) is 11.6 Å². The first-order chi connectivity index (χ1) is 13.2. The quantitative estimate of drug-likeness (QED) is 0.594. The summed E-state index contributed by atoms with van der Waals surface area (Å²) in [6.45, 7) is 0.117. The predicted octanol–water partition coefficient (Wildman–Crippen LogP) is 2.97. The van der Waals surface area contributed by atoms with Gasteiger partial charge < -0.3 is 9.73 Å². The van der Waals surface area contributed by atoms with Crippen molar-refractivity contribution >= 4 is 16.7 Å². The van der Waals surface area contributed by atoms with Crippen molar-refractivity contribution in [2.24, 2.45) is 0 Å². The fourth-order valence-corrected chi connectivity index (χ4v) is 2.86. The van der Waals surface area contributed by atoms with Crippen molar-refractivity contribution in [3.05, 3.63) is 89.1 Å². The number of hydrogen-bond donors (Lipinski definition) is 1. The van der Waals surface area contributed by atoms with E-state index in [1.807, 2.05) is 42.5 Å². The molecule has 6 heteroatoms. The van der Waals surface area contributed by atoms with Crippen LogP contribution < -0.4 is 10.9 Å². The van der Waals surface area contributed by atoms with Gasteiger partial charge in [-0.25, -0.2) is 4.68 Å². The van der Waals surface area contributed by atoms with Crippen LogP contribution in [0, 0.1) is 0 Å². The van der Waals surface area contributed by atoms with E-state index >= 15 is 0 Å². The van der Waals surface area contributed by atoms with Gasteiger partial charge in [0.15, 0.2) is 0 Å². The molecule has 0 aliphatic rings. The number of aromatic nitrogens is 2. The zero-order valence-corrected chi connectivity index (χ0v) is 14.5. The van der Waals surface area contributed by atoms with Gasteiger partial charge in [-0.15, -0.1) is 0 Å². The van der Waals surface area contributed by atoms with Crippen LogP contribution in [0.2, 0.25) is 0 Å². The van der Waals surface area contributed by atoms with Crippen LogP contribution in [0.25, 0.3) is 22.0 Å². The van der Waals surface area contributed by atoms with Crippen molar-refractivity contribution in [2.75, 3.05) is 0 Å². The Kier molecular flexibility index (Phi) is 4.53. The Balaban J connectivity index is 1.55. The van der Waals surface area contributed by atoms with Crippen molar-refractivity contribution < 1.29 is 9.21 Å². The number of benzene rings is 2. The minimum Gasteiger partial charge on any atom is -0.467 e. The summed E-state index contributed by atoms with van der Waals surface area (Å²) < 4.78 is 6.34. The minimum absolute atomic E-state index is 0.152. The van der Waals surface area contributed by atoms with Gasteiger partial charge in [-0.1, -0.05) is 36.4 Å². The van der Waals surface area contributed by atoms with Crippen molar-refractivity contribution in [3.8, 4) is 11.3 Å². The molecule has 1 amide bonds. The zero-order valence-electron chi connectivity index (χ0n) is 14.5. The smallest absolute Gasteiger partial charge is 0.267 e. The van der Waals surface area contributed by atoms with Gasteiger partial charge in [0.1, 0.15) is 12.3 Å². The van der Waals surface area contributed by atoms with Crippen LogP contribution >= 0.6 is 0 Å². The Morgan fingerprint density at radius 3 is 2.67 bits per heavy atom. The molecule has 0 unspecified atom stereocenters. The number of fused-ring (bicyclic) bond motifs is 1. The maximum atomic E-state index is 12.1. The molecule has 0 saturated carbocycles. The normalized spacial score (nSPS) is 10.8. The maximum absolute atomic E-state index is 12.1. The van der Waals surface area contributed by atoms with Crippen LogP contribution in [0.5, 0.6) is 0 Å². The average Bonchev–Trinajstić information content (AvgIpc) is 3.21. The van der Waals surface area contributed by atoms with E-state index in [9.17, 15) is 9.59 Å². The molecule has 4 aromatic rings.